The standard InChI is InChI=1S/C25H29NO4/c1-4-19-7-5-6-8-22(19)29-16-23(28)26-13-11-25(12-14-26)15-21(27)20-10-9-17(2)18(3)24(20)30-25/h5-10H,4,11-16H2,1-3H3. The van der Waals surface area contributed by atoms with E-state index in [1.165, 1.54) is 0 Å². The Bertz CT molecular complexity index is 973. The number of rotatable bonds is 4. The molecule has 1 fully saturated rings. The molecule has 5 heteroatoms. The first-order valence-electron chi connectivity index (χ1n) is 10.7. The van der Waals surface area contributed by atoms with Crippen LogP contribution in [-0.4, -0.2) is 41.9 Å². The number of Topliss-reactive ketones (excluding diaryl/α,β-unsaturated/α-hetero) is 1. The molecule has 158 valence electrons. The fourth-order valence-corrected chi connectivity index (χ4v) is 4.39. The third-order valence-electron chi connectivity index (χ3n) is 6.51. The zero-order valence-corrected chi connectivity index (χ0v) is 18.0. The zero-order chi connectivity index (χ0) is 21.3. The number of carbonyl (C=O) groups is 2. The molecule has 2 aliphatic heterocycles. The van der Waals surface area contributed by atoms with Gasteiger partial charge in [-0.25, -0.2) is 0 Å². The predicted molar refractivity (Wildman–Crippen MR) is 115 cm³/mol. The molecule has 0 bridgehead atoms. The summed E-state index contributed by atoms with van der Waals surface area (Å²) in [5.41, 5.74) is 3.43. The highest BCUT2D eigenvalue weighted by atomic mass is 16.5. The average Bonchev–Trinajstić information content (AvgIpc) is 2.75. The van der Waals surface area contributed by atoms with Crippen molar-refractivity contribution in [2.24, 2.45) is 0 Å². The molecule has 0 aliphatic carbocycles. The van der Waals surface area contributed by atoms with Crippen LogP contribution in [0.5, 0.6) is 11.5 Å². The van der Waals surface area contributed by atoms with E-state index in [-0.39, 0.29) is 18.3 Å². The van der Waals surface area contributed by atoms with Crippen LogP contribution >= 0.6 is 0 Å². The summed E-state index contributed by atoms with van der Waals surface area (Å²) < 4.78 is 12.2. The molecule has 2 aliphatic rings. The summed E-state index contributed by atoms with van der Waals surface area (Å²) >= 11 is 0. The highest BCUT2D eigenvalue weighted by molar-refractivity contribution is 6.01. The molecule has 0 N–H and O–H groups in total. The van der Waals surface area contributed by atoms with E-state index in [4.69, 9.17) is 9.47 Å². The van der Waals surface area contributed by atoms with E-state index in [2.05, 4.69) is 6.92 Å². The number of benzene rings is 2. The maximum absolute atomic E-state index is 12.8. The molecule has 30 heavy (non-hydrogen) atoms. The summed E-state index contributed by atoms with van der Waals surface area (Å²) in [5, 5.41) is 0. The minimum atomic E-state index is -0.505. The normalized spacial score (nSPS) is 17.4. The molecule has 0 saturated carbocycles. The summed E-state index contributed by atoms with van der Waals surface area (Å²) in [6.45, 7) is 7.29. The molecule has 1 amide bonds. The molecule has 0 atom stereocenters. The van der Waals surface area contributed by atoms with Gasteiger partial charge in [0.15, 0.2) is 12.4 Å². The van der Waals surface area contributed by atoms with Crippen molar-refractivity contribution in [1.29, 1.82) is 0 Å². The molecular weight excluding hydrogens is 378 g/mol. The number of aryl methyl sites for hydroxylation is 2. The number of piperidine rings is 1. The number of amides is 1. The third-order valence-corrected chi connectivity index (χ3v) is 6.51. The molecule has 0 radical (unpaired) electrons. The number of carbonyl (C=O) groups excluding carboxylic acids is 2. The minimum absolute atomic E-state index is 0.0229. The largest absolute Gasteiger partial charge is 0.486 e. The van der Waals surface area contributed by atoms with Gasteiger partial charge in [-0.05, 0) is 49.1 Å². The quantitative estimate of drug-likeness (QED) is 0.759. The van der Waals surface area contributed by atoms with Crippen molar-refractivity contribution in [3.8, 4) is 11.5 Å². The Morgan fingerprint density at radius 3 is 2.60 bits per heavy atom. The number of hydrogen-bond acceptors (Lipinski definition) is 4. The van der Waals surface area contributed by atoms with Crippen LogP contribution < -0.4 is 9.47 Å². The fourth-order valence-electron chi connectivity index (χ4n) is 4.39. The van der Waals surface area contributed by atoms with E-state index in [1.54, 1.807) is 0 Å². The highest BCUT2D eigenvalue weighted by Gasteiger charge is 2.44. The monoisotopic (exact) mass is 407 g/mol. The fraction of sp³-hybridized carbons (Fsp3) is 0.440. The van der Waals surface area contributed by atoms with Crippen LogP contribution in [-0.2, 0) is 11.2 Å². The molecular formula is C25H29NO4. The number of ketones is 1. The third kappa shape index (κ3) is 3.81. The Morgan fingerprint density at radius 1 is 1.13 bits per heavy atom. The van der Waals surface area contributed by atoms with Crippen molar-refractivity contribution in [2.45, 2.75) is 52.1 Å². The highest BCUT2D eigenvalue weighted by Crippen LogP contribution is 2.41. The van der Waals surface area contributed by atoms with Gasteiger partial charge in [0.25, 0.3) is 5.91 Å². The zero-order valence-electron chi connectivity index (χ0n) is 18.0. The van der Waals surface area contributed by atoms with Crippen molar-refractivity contribution >= 4 is 11.7 Å². The molecule has 0 unspecified atom stereocenters. The van der Waals surface area contributed by atoms with E-state index in [0.29, 0.717) is 37.9 Å². The van der Waals surface area contributed by atoms with Crippen LogP contribution in [0.15, 0.2) is 36.4 Å². The second-order valence-electron chi connectivity index (χ2n) is 8.40. The number of hydrogen-bond donors (Lipinski definition) is 0. The van der Waals surface area contributed by atoms with Crippen molar-refractivity contribution in [3.05, 3.63) is 58.7 Å². The van der Waals surface area contributed by atoms with Crippen molar-refractivity contribution < 1.29 is 19.1 Å². The molecule has 2 aromatic carbocycles. The topological polar surface area (TPSA) is 55.8 Å². The van der Waals surface area contributed by atoms with Crippen LogP contribution in [0.4, 0.5) is 0 Å². The van der Waals surface area contributed by atoms with Gasteiger partial charge >= 0.3 is 0 Å². The van der Waals surface area contributed by atoms with Crippen molar-refractivity contribution in [2.75, 3.05) is 19.7 Å². The van der Waals surface area contributed by atoms with Gasteiger partial charge in [-0.3, -0.25) is 9.59 Å². The molecule has 4 rings (SSSR count). The van der Waals surface area contributed by atoms with Gasteiger partial charge in [-0.2, -0.15) is 0 Å². The lowest BCUT2D eigenvalue weighted by Crippen LogP contribution is -2.53. The maximum Gasteiger partial charge on any atom is 0.260 e. The first-order chi connectivity index (χ1) is 14.4. The summed E-state index contributed by atoms with van der Waals surface area (Å²) in [7, 11) is 0. The first kappa shape index (κ1) is 20.5. The van der Waals surface area contributed by atoms with Gasteiger partial charge in [0, 0.05) is 25.9 Å². The minimum Gasteiger partial charge on any atom is -0.486 e. The van der Waals surface area contributed by atoms with Gasteiger partial charge in [-0.15, -0.1) is 0 Å². The lowest BCUT2D eigenvalue weighted by Gasteiger charge is -2.44. The van der Waals surface area contributed by atoms with E-state index in [1.807, 2.05) is 55.1 Å². The van der Waals surface area contributed by atoms with Gasteiger partial charge < -0.3 is 14.4 Å². The predicted octanol–water partition coefficient (Wildman–Crippen LogP) is 4.27. The Balaban J connectivity index is 1.39. The molecule has 2 heterocycles. The summed E-state index contributed by atoms with van der Waals surface area (Å²) in [4.78, 5) is 27.3. The van der Waals surface area contributed by atoms with Crippen LogP contribution in [0.25, 0.3) is 0 Å². The van der Waals surface area contributed by atoms with Crippen LogP contribution in [0.2, 0.25) is 0 Å². The first-order valence-corrected chi connectivity index (χ1v) is 10.7. The maximum atomic E-state index is 12.8. The van der Waals surface area contributed by atoms with E-state index in [9.17, 15) is 9.59 Å². The van der Waals surface area contributed by atoms with E-state index >= 15 is 0 Å². The van der Waals surface area contributed by atoms with Crippen molar-refractivity contribution in [3.63, 3.8) is 0 Å². The van der Waals surface area contributed by atoms with Gasteiger partial charge in [0.2, 0.25) is 0 Å². The lowest BCUT2D eigenvalue weighted by atomic mass is 9.81. The number of para-hydroxylation sites is 1. The number of ether oxygens (including phenoxy) is 2. The Kier molecular flexibility index (Phi) is 5.54. The average molecular weight is 408 g/mol. The second-order valence-corrected chi connectivity index (χ2v) is 8.40. The van der Waals surface area contributed by atoms with Gasteiger partial charge in [0.05, 0.1) is 12.0 Å². The summed E-state index contributed by atoms with van der Waals surface area (Å²) in [6, 6.07) is 11.7. The van der Waals surface area contributed by atoms with Crippen LogP contribution in [0, 0.1) is 13.8 Å². The summed E-state index contributed by atoms with van der Waals surface area (Å²) in [6.07, 6.45) is 2.55. The second kappa shape index (κ2) is 8.13. The van der Waals surface area contributed by atoms with E-state index < -0.39 is 5.60 Å². The number of likely N-dealkylation sites (tertiary alicyclic amines) is 1. The smallest absolute Gasteiger partial charge is 0.260 e. The lowest BCUT2D eigenvalue weighted by molar-refractivity contribution is -0.137. The molecule has 2 aromatic rings. The van der Waals surface area contributed by atoms with Crippen LogP contribution in [0.1, 0.15) is 53.2 Å². The Hall–Kier alpha value is -2.82. The molecule has 1 spiro atoms. The molecule has 0 aromatic heterocycles. The Morgan fingerprint density at radius 2 is 1.87 bits per heavy atom. The molecule has 5 nitrogen and oxygen atoms in total. The van der Waals surface area contributed by atoms with Gasteiger partial charge in [-0.1, -0.05) is 31.2 Å². The van der Waals surface area contributed by atoms with Crippen LogP contribution in [0.3, 0.4) is 0 Å². The van der Waals surface area contributed by atoms with Gasteiger partial charge in [0.1, 0.15) is 17.1 Å². The summed E-state index contributed by atoms with van der Waals surface area (Å²) in [5.74, 6) is 1.61. The number of nitrogens with zero attached hydrogens (tertiary/aromatic N) is 1. The number of fused-ring (bicyclic) bond motifs is 1. The van der Waals surface area contributed by atoms with E-state index in [0.717, 1.165) is 34.6 Å². The Labute approximate surface area is 178 Å². The van der Waals surface area contributed by atoms with Crippen molar-refractivity contribution in [1.82, 2.24) is 4.90 Å². The molecule has 1 saturated heterocycles. The SMILES string of the molecule is CCc1ccccc1OCC(=O)N1CCC2(CC1)CC(=O)c1ccc(C)c(C)c1O2.